The molecule has 1 N–H and O–H groups in total. The van der Waals surface area contributed by atoms with Gasteiger partial charge in [-0.15, -0.1) is 11.8 Å². The molecule has 33 heavy (non-hydrogen) atoms. The lowest BCUT2D eigenvalue weighted by molar-refractivity contribution is -0.149. The van der Waals surface area contributed by atoms with Gasteiger partial charge >= 0.3 is 5.97 Å². The summed E-state index contributed by atoms with van der Waals surface area (Å²) in [6, 6.07) is 20.6. The number of carboxylic acid groups (broad SMARTS) is 1. The van der Waals surface area contributed by atoms with Gasteiger partial charge in [0.15, 0.2) is 6.10 Å². The number of aryl methyl sites for hydroxylation is 1. The topological polar surface area (TPSA) is 60.7 Å². The van der Waals surface area contributed by atoms with Crippen LogP contribution in [0.5, 0.6) is 5.75 Å². The van der Waals surface area contributed by atoms with Gasteiger partial charge in [-0.05, 0) is 73.5 Å². The Labute approximate surface area is 200 Å². The molecule has 0 saturated heterocycles. The lowest BCUT2D eigenvalue weighted by Crippen LogP contribution is -2.26. The van der Waals surface area contributed by atoms with Gasteiger partial charge in [0.05, 0.1) is 6.54 Å². The molecule has 1 atom stereocenters. The van der Waals surface area contributed by atoms with Crippen LogP contribution in [0.15, 0.2) is 65.6 Å². The van der Waals surface area contributed by atoms with Gasteiger partial charge < -0.3 is 19.1 Å². The van der Waals surface area contributed by atoms with Gasteiger partial charge in [0, 0.05) is 29.3 Å². The fourth-order valence-corrected chi connectivity index (χ4v) is 4.44. The van der Waals surface area contributed by atoms with Gasteiger partial charge in [-0.2, -0.15) is 0 Å². The first-order valence-electron chi connectivity index (χ1n) is 11.5. The molecule has 0 bridgehead atoms. The molecule has 176 valence electrons. The fourth-order valence-electron chi connectivity index (χ4n) is 3.67. The molecule has 0 fully saturated rings. The van der Waals surface area contributed by atoms with Crippen molar-refractivity contribution < 1.29 is 19.4 Å². The molecule has 5 nitrogen and oxygen atoms in total. The van der Waals surface area contributed by atoms with Crippen molar-refractivity contribution in [3.8, 4) is 17.0 Å². The smallest absolute Gasteiger partial charge is 0.333 e. The molecule has 1 heterocycles. The predicted molar refractivity (Wildman–Crippen MR) is 134 cm³/mol. The Bertz CT molecular complexity index is 1010. The second-order valence-corrected chi connectivity index (χ2v) is 9.03. The summed E-state index contributed by atoms with van der Waals surface area (Å²) in [5.74, 6) is 0.968. The van der Waals surface area contributed by atoms with E-state index in [2.05, 4.69) is 54.8 Å². The molecule has 3 aromatic rings. The number of hydrogen-bond acceptors (Lipinski definition) is 4. The summed E-state index contributed by atoms with van der Waals surface area (Å²) in [6.45, 7) is 7.77. The minimum Gasteiger partial charge on any atom is -0.492 e. The molecule has 1 unspecified atom stereocenters. The van der Waals surface area contributed by atoms with E-state index >= 15 is 0 Å². The summed E-state index contributed by atoms with van der Waals surface area (Å²) < 4.78 is 13.5. The highest BCUT2D eigenvalue weighted by atomic mass is 32.2. The first-order valence-corrected chi connectivity index (χ1v) is 12.5. The number of carbonyl (C=O) groups is 1. The maximum Gasteiger partial charge on any atom is 0.333 e. The van der Waals surface area contributed by atoms with Crippen LogP contribution in [-0.2, 0) is 22.5 Å². The van der Waals surface area contributed by atoms with Crippen molar-refractivity contribution in [2.45, 2.75) is 51.2 Å². The van der Waals surface area contributed by atoms with Crippen molar-refractivity contribution in [1.29, 1.82) is 0 Å². The van der Waals surface area contributed by atoms with E-state index in [0.29, 0.717) is 19.6 Å². The van der Waals surface area contributed by atoms with Crippen LogP contribution in [0, 0.1) is 6.92 Å². The molecule has 1 aromatic heterocycles. The van der Waals surface area contributed by atoms with Crippen LogP contribution < -0.4 is 4.74 Å². The van der Waals surface area contributed by atoms with Crippen molar-refractivity contribution >= 4 is 17.7 Å². The molecule has 2 aromatic carbocycles. The van der Waals surface area contributed by atoms with Crippen LogP contribution in [0.2, 0.25) is 0 Å². The highest BCUT2D eigenvalue weighted by molar-refractivity contribution is 7.99. The SMILES string of the molecule is CCCSc1ccc(-c2ccc(C)n2CCOc2ccc(CC(OCC)C(=O)O)cc2)cc1. The Hall–Kier alpha value is -2.70. The molecule has 6 heteroatoms. The van der Waals surface area contributed by atoms with E-state index in [1.54, 1.807) is 6.92 Å². The molecule has 0 spiro atoms. The second kappa shape index (κ2) is 12.5. The molecular weight excluding hydrogens is 434 g/mol. The van der Waals surface area contributed by atoms with Crippen molar-refractivity contribution in [2.75, 3.05) is 19.0 Å². The maximum atomic E-state index is 11.3. The van der Waals surface area contributed by atoms with Crippen molar-refractivity contribution in [3.63, 3.8) is 0 Å². The number of benzene rings is 2. The van der Waals surface area contributed by atoms with E-state index in [-0.39, 0.29) is 0 Å². The molecule has 0 radical (unpaired) electrons. The number of aliphatic carboxylic acids is 1. The number of nitrogens with zero attached hydrogens (tertiary/aromatic N) is 1. The average Bonchev–Trinajstić information content (AvgIpc) is 3.19. The summed E-state index contributed by atoms with van der Waals surface area (Å²) in [7, 11) is 0. The Morgan fingerprint density at radius 3 is 2.39 bits per heavy atom. The molecule has 0 aliphatic carbocycles. The van der Waals surface area contributed by atoms with Gasteiger partial charge in [-0.25, -0.2) is 4.79 Å². The Morgan fingerprint density at radius 1 is 1.03 bits per heavy atom. The number of hydrogen-bond donors (Lipinski definition) is 1. The largest absolute Gasteiger partial charge is 0.492 e. The van der Waals surface area contributed by atoms with E-state index in [9.17, 15) is 9.90 Å². The number of ether oxygens (including phenoxy) is 2. The third-order valence-electron chi connectivity index (χ3n) is 5.39. The minimum absolute atomic E-state index is 0.338. The second-order valence-electron chi connectivity index (χ2n) is 7.86. The van der Waals surface area contributed by atoms with Gasteiger partial charge in [0.2, 0.25) is 0 Å². The lowest BCUT2D eigenvalue weighted by Gasteiger charge is -2.14. The summed E-state index contributed by atoms with van der Waals surface area (Å²) in [5.41, 5.74) is 4.50. The van der Waals surface area contributed by atoms with E-state index < -0.39 is 12.1 Å². The van der Waals surface area contributed by atoms with E-state index in [1.807, 2.05) is 36.0 Å². The number of thioether (sulfide) groups is 1. The zero-order valence-corrected chi connectivity index (χ0v) is 20.4. The first kappa shape index (κ1) is 24.9. The molecule has 0 saturated carbocycles. The Morgan fingerprint density at radius 2 is 1.76 bits per heavy atom. The van der Waals surface area contributed by atoms with Gasteiger partial charge in [-0.3, -0.25) is 0 Å². The predicted octanol–water partition coefficient (Wildman–Crippen LogP) is 6.08. The molecular formula is C27H33NO4S. The highest BCUT2D eigenvalue weighted by Gasteiger charge is 2.17. The average molecular weight is 468 g/mol. The zero-order chi connectivity index (χ0) is 23.6. The Kier molecular flexibility index (Phi) is 9.46. The van der Waals surface area contributed by atoms with E-state index in [0.717, 1.165) is 23.6 Å². The van der Waals surface area contributed by atoms with Crippen LogP contribution >= 0.6 is 11.8 Å². The minimum atomic E-state index is -0.940. The van der Waals surface area contributed by atoms with Crippen LogP contribution in [0.3, 0.4) is 0 Å². The van der Waals surface area contributed by atoms with Crippen molar-refractivity contribution in [1.82, 2.24) is 4.57 Å². The normalized spacial score (nSPS) is 12.0. The van der Waals surface area contributed by atoms with Crippen molar-refractivity contribution in [3.05, 3.63) is 71.9 Å². The highest BCUT2D eigenvalue weighted by Crippen LogP contribution is 2.26. The molecule has 0 amide bonds. The van der Waals surface area contributed by atoms with Crippen molar-refractivity contribution in [2.24, 2.45) is 0 Å². The number of aromatic nitrogens is 1. The van der Waals surface area contributed by atoms with Gasteiger partial charge in [0.1, 0.15) is 12.4 Å². The van der Waals surface area contributed by atoms with E-state index in [4.69, 9.17) is 9.47 Å². The number of carboxylic acids is 1. The van der Waals surface area contributed by atoms with Crippen LogP contribution in [-0.4, -0.2) is 40.7 Å². The van der Waals surface area contributed by atoms with Gasteiger partial charge in [-0.1, -0.05) is 31.2 Å². The fraction of sp³-hybridized carbons (Fsp3) is 0.370. The van der Waals surface area contributed by atoms with Crippen LogP contribution in [0.1, 0.15) is 31.5 Å². The summed E-state index contributed by atoms with van der Waals surface area (Å²) in [5, 5.41) is 9.25. The lowest BCUT2D eigenvalue weighted by atomic mass is 10.1. The maximum absolute atomic E-state index is 11.3. The third kappa shape index (κ3) is 7.14. The van der Waals surface area contributed by atoms with Crippen LogP contribution in [0.4, 0.5) is 0 Å². The van der Waals surface area contributed by atoms with E-state index in [1.165, 1.54) is 28.3 Å². The molecule has 0 aliphatic heterocycles. The number of rotatable bonds is 13. The Balaban J connectivity index is 1.58. The molecule has 3 rings (SSSR count). The zero-order valence-electron chi connectivity index (χ0n) is 19.6. The quantitative estimate of drug-likeness (QED) is 0.309. The monoisotopic (exact) mass is 467 g/mol. The summed E-state index contributed by atoms with van der Waals surface area (Å²) in [6.07, 6.45) is 0.689. The third-order valence-corrected chi connectivity index (χ3v) is 6.61. The summed E-state index contributed by atoms with van der Waals surface area (Å²) >= 11 is 1.89. The van der Waals surface area contributed by atoms with Gasteiger partial charge in [0.25, 0.3) is 0 Å². The standard InChI is InChI=1S/C27H33NO4S/c1-4-18-33-24-13-9-22(10-14-24)25-15-6-20(3)28(25)16-17-32-23-11-7-21(8-12-23)19-26(27(29)30)31-5-2/h6-15,26H,4-5,16-19H2,1-3H3,(H,29,30). The van der Waals surface area contributed by atoms with Crippen LogP contribution in [0.25, 0.3) is 11.3 Å². The molecule has 0 aliphatic rings. The summed E-state index contributed by atoms with van der Waals surface area (Å²) in [4.78, 5) is 12.6. The first-order chi connectivity index (χ1) is 16.0.